The van der Waals surface area contributed by atoms with Gasteiger partial charge in [-0.15, -0.1) is 0 Å². The Labute approximate surface area is 145 Å². The summed E-state index contributed by atoms with van der Waals surface area (Å²) in [6.07, 6.45) is -4.98. The van der Waals surface area contributed by atoms with Gasteiger partial charge in [0.15, 0.2) is 0 Å². The lowest BCUT2D eigenvalue weighted by Crippen LogP contribution is -2.56. The maximum Gasteiger partial charge on any atom is 0.405 e. The van der Waals surface area contributed by atoms with E-state index >= 15 is 0 Å². The van der Waals surface area contributed by atoms with Gasteiger partial charge in [0, 0.05) is 0 Å². The second-order valence-corrected chi connectivity index (χ2v) is 8.53. The van der Waals surface area contributed by atoms with Crippen molar-refractivity contribution in [3.05, 3.63) is 29.8 Å². The van der Waals surface area contributed by atoms with Crippen LogP contribution in [0, 0.1) is 18.3 Å². The molecule has 0 heterocycles. The van der Waals surface area contributed by atoms with Crippen molar-refractivity contribution < 1.29 is 31.1 Å². The first-order valence-electron chi connectivity index (χ1n) is 7.43. The van der Waals surface area contributed by atoms with Gasteiger partial charge >= 0.3 is 12.1 Å². The number of hydrogen-bond donors (Lipinski definition) is 1. The Balaban J connectivity index is 3.36. The van der Waals surface area contributed by atoms with E-state index in [-0.39, 0.29) is 4.90 Å². The largest absolute Gasteiger partial charge is 0.469 e. The highest BCUT2D eigenvalue weighted by molar-refractivity contribution is 7.89. The summed E-state index contributed by atoms with van der Waals surface area (Å²) < 4.78 is 71.6. The molecule has 25 heavy (non-hydrogen) atoms. The minimum atomic E-state index is -4.98. The van der Waals surface area contributed by atoms with E-state index in [1.165, 1.54) is 45.0 Å². The van der Waals surface area contributed by atoms with Crippen LogP contribution in [0.25, 0.3) is 0 Å². The van der Waals surface area contributed by atoms with Gasteiger partial charge in [0.05, 0.1) is 17.9 Å². The standard InChI is InChI=1S/C16H22F3NO4S/c1-10-6-8-11(9-7-10)25(22,23)20-13(16(17,18)19)12(14(21)24-5)15(2,3)4/h6-9,12-13,20H,1-5H3/t12-,13+/m1/s1. The van der Waals surface area contributed by atoms with Crippen molar-refractivity contribution in [1.29, 1.82) is 0 Å². The van der Waals surface area contributed by atoms with Gasteiger partial charge in [-0.2, -0.15) is 17.9 Å². The molecule has 0 spiro atoms. The van der Waals surface area contributed by atoms with E-state index in [4.69, 9.17) is 0 Å². The fourth-order valence-electron chi connectivity index (χ4n) is 2.39. The molecule has 0 radical (unpaired) electrons. The first-order valence-corrected chi connectivity index (χ1v) is 8.92. The Morgan fingerprint density at radius 1 is 1.12 bits per heavy atom. The summed E-state index contributed by atoms with van der Waals surface area (Å²) in [4.78, 5) is 11.6. The van der Waals surface area contributed by atoms with Crippen LogP contribution in [0.5, 0.6) is 0 Å². The first kappa shape index (κ1) is 21.4. The summed E-state index contributed by atoms with van der Waals surface area (Å²) in [5, 5.41) is 0. The number of carbonyl (C=O) groups excluding carboxylic acids is 1. The van der Waals surface area contributed by atoms with E-state index in [2.05, 4.69) is 4.74 Å². The van der Waals surface area contributed by atoms with E-state index < -0.39 is 39.5 Å². The van der Waals surface area contributed by atoms with Crippen LogP contribution in [0.15, 0.2) is 29.2 Å². The molecule has 142 valence electrons. The molecule has 0 aliphatic rings. The van der Waals surface area contributed by atoms with Gasteiger partial charge in [0.25, 0.3) is 0 Å². The van der Waals surface area contributed by atoms with Crippen LogP contribution >= 0.6 is 0 Å². The molecule has 0 saturated carbocycles. The molecule has 0 unspecified atom stereocenters. The molecule has 0 bridgehead atoms. The number of hydrogen-bond acceptors (Lipinski definition) is 4. The number of sulfonamides is 1. The average molecular weight is 381 g/mol. The fraction of sp³-hybridized carbons (Fsp3) is 0.562. The number of methoxy groups -OCH3 is 1. The summed E-state index contributed by atoms with van der Waals surface area (Å²) in [5.41, 5.74) is -0.434. The van der Waals surface area contributed by atoms with Gasteiger partial charge in [-0.05, 0) is 24.5 Å². The highest BCUT2D eigenvalue weighted by atomic mass is 32.2. The highest BCUT2D eigenvalue weighted by Crippen LogP contribution is 2.38. The summed E-state index contributed by atoms with van der Waals surface area (Å²) >= 11 is 0. The monoisotopic (exact) mass is 381 g/mol. The predicted octanol–water partition coefficient (Wildman–Crippen LogP) is 3.04. The van der Waals surface area contributed by atoms with E-state index in [0.717, 1.165) is 12.7 Å². The number of alkyl halides is 3. The van der Waals surface area contributed by atoms with Crippen LogP contribution in [0.3, 0.4) is 0 Å². The van der Waals surface area contributed by atoms with Crippen molar-refractivity contribution in [2.24, 2.45) is 11.3 Å². The molecular formula is C16H22F3NO4S. The molecule has 1 aromatic carbocycles. The summed E-state index contributed by atoms with van der Waals surface area (Å²) in [6, 6.07) is 2.73. The number of esters is 1. The van der Waals surface area contributed by atoms with Crippen molar-refractivity contribution in [2.75, 3.05) is 7.11 Å². The summed E-state index contributed by atoms with van der Waals surface area (Å²) in [6.45, 7) is 5.95. The van der Waals surface area contributed by atoms with Crippen LogP contribution in [0.4, 0.5) is 13.2 Å². The van der Waals surface area contributed by atoms with Crippen molar-refractivity contribution in [1.82, 2.24) is 4.72 Å². The molecule has 1 N–H and O–H groups in total. The zero-order valence-electron chi connectivity index (χ0n) is 14.6. The zero-order valence-corrected chi connectivity index (χ0v) is 15.5. The van der Waals surface area contributed by atoms with E-state index in [1.54, 1.807) is 11.6 Å². The van der Waals surface area contributed by atoms with Crippen LogP contribution in [-0.4, -0.2) is 33.7 Å². The topological polar surface area (TPSA) is 72.5 Å². The molecule has 0 aromatic heterocycles. The van der Waals surface area contributed by atoms with Crippen molar-refractivity contribution in [3.8, 4) is 0 Å². The molecule has 0 aliphatic heterocycles. The number of halogens is 3. The normalized spacial score (nSPS) is 15.5. The van der Waals surface area contributed by atoms with Crippen molar-refractivity contribution in [3.63, 3.8) is 0 Å². The van der Waals surface area contributed by atoms with Crippen LogP contribution in [-0.2, 0) is 19.6 Å². The average Bonchev–Trinajstić information content (AvgIpc) is 2.44. The van der Waals surface area contributed by atoms with Crippen LogP contribution in [0.2, 0.25) is 0 Å². The minimum Gasteiger partial charge on any atom is -0.469 e. The molecule has 0 amide bonds. The van der Waals surface area contributed by atoms with Crippen LogP contribution < -0.4 is 4.72 Å². The van der Waals surface area contributed by atoms with Crippen molar-refractivity contribution >= 4 is 16.0 Å². The fourth-order valence-corrected chi connectivity index (χ4v) is 3.63. The molecular weight excluding hydrogens is 359 g/mol. The van der Waals surface area contributed by atoms with Crippen LogP contribution in [0.1, 0.15) is 26.3 Å². The molecule has 2 atom stereocenters. The molecule has 9 heteroatoms. The van der Waals surface area contributed by atoms with E-state index in [0.29, 0.717) is 0 Å². The van der Waals surface area contributed by atoms with Gasteiger partial charge in [-0.25, -0.2) is 8.42 Å². The lowest BCUT2D eigenvalue weighted by Gasteiger charge is -2.36. The molecule has 1 rings (SSSR count). The van der Waals surface area contributed by atoms with Gasteiger partial charge in [-0.1, -0.05) is 38.5 Å². The predicted molar refractivity (Wildman–Crippen MR) is 86.3 cm³/mol. The van der Waals surface area contributed by atoms with Gasteiger partial charge in [-0.3, -0.25) is 4.79 Å². The van der Waals surface area contributed by atoms with Crippen molar-refractivity contribution in [2.45, 2.75) is 44.8 Å². The number of aryl methyl sites for hydroxylation is 1. The molecule has 0 saturated heterocycles. The van der Waals surface area contributed by atoms with Gasteiger partial charge in [0.1, 0.15) is 6.04 Å². The Bertz CT molecular complexity index is 706. The third kappa shape index (κ3) is 5.43. The summed E-state index contributed by atoms with van der Waals surface area (Å²) in [7, 11) is -3.52. The Morgan fingerprint density at radius 3 is 1.96 bits per heavy atom. The Kier molecular flexibility index (Phi) is 6.28. The van der Waals surface area contributed by atoms with E-state index in [9.17, 15) is 26.4 Å². The molecule has 0 fully saturated rings. The van der Waals surface area contributed by atoms with Gasteiger partial charge in [0.2, 0.25) is 10.0 Å². The first-order chi connectivity index (χ1) is 11.2. The minimum absolute atomic E-state index is 0.315. The Hall–Kier alpha value is -1.61. The quantitative estimate of drug-likeness (QED) is 0.796. The van der Waals surface area contributed by atoms with E-state index in [1.807, 2.05) is 0 Å². The molecule has 5 nitrogen and oxygen atoms in total. The number of carbonyl (C=O) groups is 1. The highest BCUT2D eigenvalue weighted by Gasteiger charge is 2.54. The molecule has 0 aliphatic carbocycles. The maximum atomic E-state index is 13.6. The van der Waals surface area contributed by atoms with Gasteiger partial charge < -0.3 is 4.74 Å². The number of nitrogens with one attached hydrogen (secondary N) is 1. The number of rotatable bonds is 5. The second-order valence-electron chi connectivity index (χ2n) is 6.82. The smallest absolute Gasteiger partial charge is 0.405 e. The lowest BCUT2D eigenvalue weighted by molar-refractivity contribution is -0.186. The third-order valence-corrected chi connectivity index (χ3v) is 5.14. The third-order valence-electron chi connectivity index (χ3n) is 3.69. The summed E-state index contributed by atoms with van der Waals surface area (Å²) in [5.74, 6) is -2.89. The SMILES string of the molecule is COC(=O)[C@@H]([C@H](NS(=O)(=O)c1ccc(C)cc1)C(F)(F)F)C(C)(C)C. The zero-order chi connectivity index (χ0) is 19.6. The number of benzene rings is 1. The molecule has 1 aromatic rings. The lowest BCUT2D eigenvalue weighted by atomic mass is 9.76. The Morgan fingerprint density at radius 2 is 1.60 bits per heavy atom. The maximum absolute atomic E-state index is 13.6. The number of ether oxygens (including phenoxy) is 1. The second kappa shape index (κ2) is 7.33.